The highest BCUT2D eigenvalue weighted by Gasteiger charge is 2.14. The van der Waals surface area contributed by atoms with Gasteiger partial charge in [0.25, 0.3) is 0 Å². The number of carbonyl (C=O) groups excluding carboxylic acids is 2. The summed E-state index contributed by atoms with van der Waals surface area (Å²) in [7, 11) is 2.98. The van der Waals surface area contributed by atoms with Crippen LogP contribution in [0, 0.1) is 0 Å². The van der Waals surface area contributed by atoms with Crippen molar-refractivity contribution in [2.24, 2.45) is 0 Å². The fourth-order valence-corrected chi connectivity index (χ4v) is 1.39. The first-order valence-electron chi connectivity index (χ1n) is 5.92. The van der Waals surface area contributed by atoms with Crippen molar-refractivity contribution in [2.75, 3.05) is 27.3 Å². The lowest BCUT2D eigenvalue weighted by atomic mass is 10.2. The smallest absolute Gasteiger partial charge is 0.307 e. The summed E-state index contributed by atoms with van der Waals surface area (Å²) in [4.78, 5) is 24.5. The van der Waals surface area contributed by atoms with Gasteiger partial charge < -0.3 is 14.4 Å². The number of esters is 1. The maximum Gasteiger partial charge on any atom is 0.307 e. The molecule has 1 atom stereocenters. The molecule has 1 amide bonds. The fraction of sp³-hybridized carbons (Fsp3) is 0.833. The van der Waals surface area contributed by atoms with E-state index in [1.165, 1.54) is 7.11 Å². The summed E-state index contributed by atoms with van der Waals surface area (Å²) < 4.78 is 9.63. The van der Waals surface area contributed by atoms with E-state index in [4.69, 9.17) is 4.74 Å². The standard InChI is InChI=1S/C12H23NO4/c1-5-13(9-8-12(15)17-4)11(14)7-6-10(2)16-3/h10H,5-9H2,1-4H3. The van der Waals surface area contributed by atoms with Crippen LogP contribution in [-0.4, -0.2) is 50.2 Å². The van der Waals surface area contributed by atoms with Crippen molar-refractivity contribution in [3.05, 3.63) is 0 Å². The summed E-state index contributed by atoms with van der Waals surface area (Å²) in [6.45, 7) is 4.85. The van der Waals surface area contributed by atoms with E-state index in [1.54, 1.807) is 12.0 Å². The predicted octanol–water partition coefficient (Wildman–Crippen LogP) is 1.21. The third-order valence-corrected chi connectivity index (χ3v) is 2.72. The third-order valence-electron chi connectivity index (χ3n) is 2.72. The molecule has 5 nitrogen and oxygen atoms in total. The molecule has 0 bridgehead atoms. The van der Waals surface area contributed by atoms with Crippen LogP contribution in [0.25, 0.3) is 0 Å². The van der Waals surface area contributed by atoms with E-state index < -0.39 is 0 Å². The fourth-order valence-electron chi connectivity index (χ4n) is 1.39. The minimum absolute atomic E-state index is 0.0558. The Labute approximate surface area is 103 Å². The van der Waals surface area contributed by atoms with Gasteiger partial charge in [-0.25, -0.2) is 0 Å². The lowest BCUT2D eigenvalue weighted by Gasteiger charge is -2.21. The van der Waals surface area contributed by atoms with Crippen LogP contribution < -0.4 is 0 Å². The summed E-state index contributed by atoms with van der Waals surface area (Å²) in [6, 6.07) is 0. The molecule has 0 N–H and O–H groups in total. The first-order valence-corrected chi connectivity index (χ1v) is 5.92. The number of carbonyl (C=O) groups is 2. The van der Waals surface area contributed by atoms with Gasteiger partial charge in [-0.2, -0.15) is 0 Å². The molecular formula is C12H23NO4. The van der Waals surface area contributed by atoms with Crippen molar-refractivity contribution >= 4 is 11.9 Å². The zero-order valence-electron chi connectivity index (χ0n) is 11.2. The molecule has 0 aromatic rings. The van der Waals surface area contributed by atoms with E-state index in [1.807, 2.05) is 13.8 Å². The van der Waals surface area contributed by atoms with Gasteiger partial charge in [-0.05, 0) is 20.3 Å². The second-order valence-electron chi connectivity index (χ2n) is 3.88. The highest BCUT2D eigenvalue weighted by molar-refractivity contribution is 5.77. The Bertz CT molecular complexity index is 243. The Hall–Kier alpha value is -1.10. The Morgan fingerprint density at radius 1 is 1.24 bits per heavy atom. The topological polar surface area (TPSA) is 55.8 Å². The van der Waals surface area contributed by atoms with Crippen LogP contribution in [0.4, 0.5) is 0 Å². The largest absolute Gasteiger partial charge is 0.469 e. The highest BCUT2D eigenvalue weighted by Crippen LogP contribution is 2.04. The third kappa shape index (κ3) is 6.94. The van der Waals surface area contributed by atoms with Crippen molar-refractivity contribution in [3.8, 4) is 0 Å². The van der Waals surface area contributed by atoms with Crippen LogP contribution in [0.1, 0.15) is 33.1 Å². The van der Waals surface area contributed by atoms with Crippen LogP contribution in [0.5, 0.6) is 0 Å². The van der Waals surface area contributed by atoms with E-state index in [0.717, 1.165) is 0 Å². The van der Waals surface area contributed by atoms with E-state index in [2.05, 4.69) is 4.74 Å². The van der Waals surface area contributed by atoms with Gasteiger partial charge in [0.15, 0.2) is 0 Å². The number of amides is 1. The number of ether oxygens (including phenoxy) is 2. The second-order valence-corrected chi connectivity index (χ2v) is 3.88. The zero-order chi connectivity index (χ0) is 13.3. The highest BCUT2D eigenvalue weighted by atomic mass is 16.5. The molecule has 0 rings (SSSR count). The molecule has 0 heterocycles. The molecule has 0 aliphatic rings. The molecule has 0 aromatic carbocycles. The number of methoxy groups -OCH3 is 2. The molecule has 0 radical (unpaired) electrons. The number of rotatable bonds is 8. The van der Waals surface area contributed by atoms with Gasteiger partial charge in [0.2, 0.25) is 5.91 Å². The first-order chi connectivity index (χ1) is 8.04. The van der Waals surface area contributed by atoms with Crippen molar-refractivity contribution in [1.29, 1.82) is 0 Å². The lowest BCUT2D eigenvalue weighted by Crippen LogP contribution is -2.33. The van der Waals surface area contributed by atoms with Gasteiger partial charge in [-0.1, -0.05) is 0 Å². The summed E-state index contributed by atoms with van der Waals surface area (Å²) in [5.41, 5.74) is 0. The second kappa shape index (κ2) is 8.98. The van der Waals surface area contributed by atoms with Crippen LogP contribution >= 0.6 is 0 Å². The number of nitrogens with zero attached hydrogens (tertiary/aromatic N) is 1. The molecule has 0 aliphatic heterocycles. The van der Waals surface area contributed by atoms with Gasteiger partial charge in [-0.15, -0.1) is 0 Å². The summed E-state index contributed by atoms with van der Waals surface area (Å²) >= 11 is 0. The molecule has 100 valence electrons. The van der Waals surface area contributed by atoms with Gasteiger partial charge in [0.05, 0.1) is 19.6 Å². The van der Waals surface area contributed by atoms with E-state index in [-0.39, 0.29) is 24.4 Å². The van der Waals surface area contributed by atoms with Crippen LogP contribution in [0.15, 0.2) is 0 Å². The number of hydrogen-bond donors (Lipinski definition) is 0. The molecule has 17 heavy (non-hydrogen) atoms. The van der Waals surface area contributed by atoms with E-state index in [0.29, 0.717) is 25.9 Å². The predicted molar refractivity (Wildman–Crippen MR) is 64.6 cm³/mol. The molecule has 0 saturated carbocycles. The average Bonchev–Trinajstić information content (AvgIpc) is 2.35. The van der Waals surface area contributed by atoms with Gasteiger partial charge in [-0.3, -0.25) is 9.59 Å². The van der Waals surface area contributed by atoms with Crippen molar-refractivity contribution in [1.82, 2.24) is 4.90 Å². The van der Waals surface area contributed by atoms with Gasteiger partial charge in [0, 0.05) is 26.6 Å². The van der Waals surface area contributed by atoms with E-state index >= 15 is 0 Å². The summed E-state index contributed by atoms with van der Waals surface area (Å²) in [5.74, 6) is -0.234. The minimum atomic E-state index is -0.290. The monoisotopic (exact) mass is 245 g/mol. The molecule has 5 heteroatoms. The number of hydrogen-bond acceptors (Lipinski definition) is 4. The van der Waals surface area contributed by atoms with Crippen molar-refractivity contribution in [2.45, 2.75) is 39.2 Å². The lowest BCUT2D eigenvalue weighted by molar-refractivity contribution is -0.141. The summed E-state index contributed by atoms with van der Waals surface area (Å²) in [6.07, 6.45) is 1.47. The quantitative estimate of drug-likeness (QED) is 0.603. The normalized spacial score (nSPS) is 12.0. The summed E-state index contributed by atoms with van der Waals surface area (Å²) in [5, 5.41) is 0. The molecule has 0 fully saturated rings. The first kappa shape index (κ1) is 15.9. The maximum absolute atomic E-state index is 11.8. The Balaban J connectivity index is 3.99. The molecular weight excluding hydrogens is 222 g/mol. The zero-order valence-corrected chi connectivity index (χ0v) is 11.2. The van der Waals surface area contributed by atoms with Gasteiger partial charge in [0.1, 0.15) is 0 Å². The Morgan fingerprint density at radius 2 is 1.88 bits per heavy atom. The molecule has 0 aliphatic carbocycles. The average molecular weight is 245 g/mol. The van der Waals surface area contributed by atoms with E-state index in [9.17, 15) is 9.59 Å². The molecule has 0 saturated heterocycles. The van der Waals surface area contributed by atoms with Crippen LogP contribution in [-0.2, 0) is 19.1 Å². The van der Waals surface area contributed by atoms with Crippen molar-refractivity contribution < 1.29 is 19.1 Å². The minimum Gasteiger partial charge on any atom is -0.469 e. The van der Waals surface area contributed by atoms with Crippen LogP contribution in [0.3, 0.4) is 0 Å². The molecule has 0 aromatic heterocycles. The molecule has 1 unspecified atom stereocenters. The Morgan fingerprint density at radius 3 is 2.35 bits per heavy atom. The van der Waals surface area contributed by atoms with Gasteiger partial charge >= 0.3 is 5.97 Å². The van der Waals surface area contributed by atoms with Crippen molar-refractivity contribution in [3.63, 3.8) is 0 Å². The SMILES string of the molecule is CCN(CCC(=O)OC)C(=O)CCC(C)OC. The Kier molecular flexibility index (Phi) is 8.40. The maximum atomic E-state index is 11.8. The van der Waals surface area contributed by atoms with Crippen LogP contribution in [0.2, 0.25) is 0 Å². The molecule has 0 spiro atoms.